The summed E-state index contributed by atoms with van der Waals surface area (Å²) in [6.45, 7) is 2.58. The third-order valence-corrected chi connectivity index (χ3v) is 2.41. The van der Waals surface area contributed by atoms with E-state index in [1.807, 2.05) is 24.0 Å². The Kier molecular flexibility index (Phi) is 4.32. The number of nitrogens with zero attached hydrogens (tertiary/aromatic N) is 4. The summed E-state index contributed by atoms with van der Waals surface area (Å²) >= 11 is 0. The molecule has 2 N–H and O–H groups in total. The molecule has 0 amide bonds. The van der Waals surface area contributed by atoms with Crippen molar-refractivity contribution in [3.05, 3.63) is 47.0 Å². The maximum Gasteiger partial charge on any atom is 0.153 e. The minimum absolute atomic E-state index is 0.0871. The van der Waals surface area contributed by atoms with Crippen molar-refractivity contribution in [1.82, 2.24) is 4.90 Å². The fourth-order valence-electron chi connectivity index (χ4n) is 1.50. The quantitative estimate of drug-likeness (QED) is 0.732. The zero-order valence-corrected chi connectivity index (χ0v) is 9.88. The van der Waals surface area contributed by atoms with Crippen LogP contribution in [-0.4, -0.2) is 11.4 Å². The molecule has 0 saturated carbocycles. The maximum absolute atomic E-state index is 9.18. The van der Waals surface area contributed by atoms with Gasteiger partial charge in [0.15, 0.2) is 5.57 Å². The molecule has 0 fully saturated rings. The average Bonchev–Trinajstić information content (AvgIpc) is 2.41. The van der Waals surface area contributed by atoms with Crippen LogP contribution in [0, 0.1) is 34.0 Å². The molecule has 0 radical (unpaired) electrons. The maximum atomic E-state index is 9.18. The van der Waals surface area contributed by atoms with Crippen LogP contribution in [-0.2, 0) is 0 Å². The topological polar surface area (TPSA) is 101 Å². The second-order valence-corrected chi connectivity index (χ2v) is 3.37. The molecular formula is C13H11N5. The second kappa shape index (κ2) is 5.94. The summed E-state index contributed by atoms with van der Waals surface area (Å²) in [5, 5.41) is 26.7. The molecule has 18 heavy (non-hydrogen) atoms. The van der Waals surface area contributed by atoms with Crippen LogP contribution in [0.25, 0.3) is 0 Å². The molecule has 0 aliphatic carbocycles. The first-order valence-corrected chi connectivity index (χ1v) is 5.25. The number of allylic oxidation sites excluding steroid dienone is 5. The van der Waals surface area contributed by atoms with Crippen molar-refractivity contribution in [1.29, 1.82) is 15.8 Å². The first-order valence-electron chi connectivity index (χ1n) is 5.25. The number of likely N-dealkylation sites (N-methyl/N-ethyl adjacent to an activating group) is 1. The first kappa shape index (κ1) is 13.1. The lowest BCUT2D eigenvalue weighted by molar-refractivity contribution is 0.500. The van der Waals surface area contributed by atoms with Crippen LogP contribution >= 0.6 is 0 Å². The van der Waals surface area contributed by atoms with Gasteiger partial charge in [0.25, 0.3) is 0 Å². The van der Waals surface area contributed by atoms with Gasteiger partial charge < -0.3 is 10.6 Å². The molecular weight excluding hydrogens is 226 g/mol. The van der Waals surface area contributed by atoms with Gasteiger partial charge in [-0.15, -0.1) is 0 Å². The Hall–Kier alpha value is -2.97. The Bertz CT molecular complexity index is 568. The summed E-state index contributed by atoms with van der Waals surface area (Å²) in [6.07, 6.45) is 7.13. The van der Waals surface area contributed by atoms with Crippen molar-refractivity contribution < 1.29 is 0 Å². The summed E-state index contributed by atoms with van der Waals surface area (Å²) in [6, 6.07) is 5.32. The molecule has 1 aliphatic heterocycles. The summed E-state index contributed by atoms with van der Waals surface area (Å²) in [5.41, 5.74) is 6.09. The van der Waals surface area contributed by atoms with Crippen molar-refractivity contribution in [3.63, 3.8) is 0 Å². The Morgan fingerprint density at radius 2 is 1.89 bits per heavy atom. The summed E-state index contributed by atoms with van der Waals surface area (Å²) in [7, 11) is 0. The molecule has 0 bridgehead atoms. The molecule has 0 aromatic heterocycles. The Balaban J connectivity index is 3.44. The van der Waals surface area contributed by atoms with Gasteiger partial charge in [-0.05, 0) is 19.1 Å². The number of hydrogen-bond acceptors (Lipinski definition) is 5. The highest BCUT2D eigenvalue weighted by molar-refractivity contribution is 5.56. The molecule has 1 aliphatic rings. The lowest BCUT2D eigenvalue weighted by Crippen LogP contribution is -2.20. The minimum Gasteiger partial charge on any atom is -0.396 e. The van der Waals surface area contributed by atoms with Crippen LogP contribution < -0.4 is 5.73 Å². The van der Waals surface area contributed by atoms with Gasteiger partial charge in [-0.25, -0.2) is 0 Å². The van der Waals surface area contributed by atoms with Crippen LogP contribution in [0.5, 0.6) is 0 Å². The average molecular weight is 237 g/mol. The normalized spacial score (nSPS) is 15.3. The number of hydrogen-bond donors (Lipinski definition) is 1. The lowest BCUT2D eigenvalue weighted by atomic mass is 10.1. The molecule has 1 rings (SSSR count). The highest BCUT2D eigenvalue weighted by Gasteiger charge is 2.16. The van der Waals surface area contributed by atoms with Crippen molar-refractivity contribution >= 4 is 0 Å². The van der Waals surface area contributed by atoms with E-state index in [2.05, 4.69) is 0 Å². The molecule has 0 aromatic rings. The van der Waals surface area contributed by atoms with E-state index in [9.17, 15) is 5.26 Å². The van der Waals surface area contributed by atoms with Gasteiger partial charge in [0.2, 0.25) is 0 Å². The van der Waals surface area contributed by atoms with E-state index in [-0.39, 0.29) is 16.8 Å². The third-order valence-electron chi connectivity index (χ3n) is 2.41. The highest BCUT2D eigenvalue weighted by atomic mass is 15.1. The van der Waals surface area contributed by atoms with E-state index in [0.29, 0.717) is 12.2 Å². The lowest BCUT2D eigenvalue weighted by Gasteiger charge is -2.23. The molecule has 88 valence electrons. The Morgan fingerprint density at radius 1 is 1.22 bits per heavy atom. The SMILES string of the molecule is CCN1C=CC=C/C1=C(/C#N)C(N)=C(C#N)C#N. The first-order chi connectivity index (χ1) is 8.69. The van der Waals surface area contributed by atoms with E-state index < -0.39 is 0 Å². The largest absolute Gasteiger partial charge is 0.396 e. The predicted octanol–water partition coefficient (Wildman–Crippen LogP) is 1.43. The van der Waals surface area contributed by atoms with Gasteiger partial charge >= 0.3 is 0 Å². The van der Waals surface area contributed by atoms with E-state index >= 15 is 0 Å². The van der Waals surface area contributed by atoms with Gasteiger partial charge in [0.1, 0.15) is 23.8 Å². The van der Waals surface area contributed by atoms with Crippen molar-refractivity contribution in [2.24, 2.45) is 5.73 Å². The number of nitriles is 3. The van der Waals surface area contributed by atoms with Crippen molar-refractivity contribution in [3.8, 4) is 18.2 Å². The number of rotatable bonds is 2. The minimum atomic E-state index is -0.252. The van der Waals surface area contributed by atoms with E-state index in [4.69, 9.17) is 16.3 Å². The smallest absolute Gasteiger partial charge is 0.153 e. The van der Waals surface area contributed by atoms with Gasteiger partial charge in [-0.1, -0.05) is 6.08 Å². The molecule has 0 spiro atoms. The number of nitrogens with two attached hydrogens (primary N) is 1. The highest BCUT2D eigenvalue weighted by Crippen LogP contribution is 2.21. The Morgan fingerprint density at radius 3 is 2.39 bits per heavy atom. The molecule has 1 heterocycles. The van der Waals surface area contributed by atoms with E-state index in [1.165, 1.54) is 0 Å². The van der Waals surface area contributed by atoms with Crippen LogP contribution in [0.3, 0.4) is 0 Å². The van der Waals surface area contributed by atoms with Gasteiger partial charge in [-0.2, -0.15) is 15.8 Å². The zero-order valence-electron chi connectivity index (χ0n) is 9.88. The van der Waals surface area contributed by atoms with Crippen molar-refractivity contribution in [2.45, 2.75) is 6.92 Å². The van der Waals surface area contributed by atoms with Crippen LogP contribution in [0.4, 0.5) is 0 Å². The molecule has 0 atom stereocenters. The second-order valence-electron chi connectivity index (χ2n) is 3.37. The predicted molar refractivity (Wildman–Crippen MR) is 65.7 cm³/mol. The van der Waals surface area contributed by atoms with E-state index in [0.717, 1.165) is 0 Å². The summed E-state index contributed by atoms with van der Waals surface area (Å²) < 4.78 is 0. The van der Waals surface area contributed by atoms with Crippen LogP contribution in [0.2, 0.25) is 0 Å². The summed E-state index contributed by atoms with van der Waals surface area (Å²) in [4.78, 5) is 1.82. The fraction of sp³-hybridized carbons (Fsp3) is 0.154. The van der Waals surface area contributed by atoms with Crippen LogP contribution in [0.15, 0.2) is 47.0 Å². The monoisotopic (exact) mass is 237 g/mol. The zero-order chi connectivity index (χ0) is 13.5. The molecule has 0 aromatic carbocycles. The molecule has 5 nitrogen and oxygen atoms in total. The fourth-order valence-corrected chi connectivity index (χ4v) is 1.50. The van der Waals surface area contributed by atoms with Gasteiger partial charge in [-0.3, -0.25) is 0 Å². The van der Waals surface area contributed by atoms with Gasteiger partial charge in [0.05, 0.1) is 11.4 Å². The molecule has 5 heteroatoms. The van der Waals surface area contributed by atoms with E-state index in [1.54, 1.807) is 30.5 Å². The summed E-state index contributed by atoms with van der Waals surface area (Å²) in [5.74, 6) is 0. The Labute approximate surface area is 106 Å². The molecule has 0 unspecified atom stereocenters. The molecule has 0 saturated heterocycles. The third kappa shape index (κ3) is 2.40. The standard InChI is InChI=1S/C13H11N5/c1-2-18-6-4-3-5-12(18)11(9-16)13(17)10(7-14)8-15/h3-6H,2,17H2,1H3/b12-11+. The van der Waals surface area contributed by atoms with Crippen molar-refractivity contribution in [2.75, 3.05) is 6.54 Å². The van der Waals surface area contributed by atoms with Crippen LogP contribution in [0.1, 0.15) is 6.92 Å². The van der Waals surface area contributed by atoms with Gasteiger partial charge in [0, 0.05) is 12.7 Å².